The minimum Gasteiger partial charge on any atom is -0.462 e. The minimum atomic E-state index is -0.789. The Labute approximate surface area is 398 Å². The predicted molar refractivity (Wildman–Crippen MR) is 278 cm³/mol. The molecule has 0 aliphatic carbocycles. The molecule has 0 spiro atoms. The zero-order valence-corrected chi connectivity index (χ0v) is 42.9. The van der Waals surface area contributed by atoms with Crippen LogP contribution in [0.5, 0.6) is 0 Å². The smallest absolute Gasteiger partial charge is 0.306 e. The molecule has 6 heteroatoms. The first-order valence-corrected chi connectivity index (χ1v) is 28.2. The lowest BCUT2D eigenvalue weighted by molar-refractivity contribution is -0.151. The van der Waals surface area contributed by atoms with Gasteiger partial charge < -0.3 is 20.3 Å². The lowest BCUT2D eigenvalue weighted by atomic mass is 10.0. The summed E-state index contributed by atoms with van der Waals surface area (Å²) in [6, 6.07) is -0.703. The van der Waals surface area contributed by atoms with E-state index < -0.39 is 18.2 Å². The number of hydrogen-bond donors (Lipinski definition) is 3. The van der Waals surface area contributed by atoms with Crippen LogP contribution in [0.4, 0.5) is 0 Å². The van der Waals surface area contributed by atoms with Crippen molar-refractivity contribution in [3.05, 3.63) is 36.5 Å². The fourth-order valence-corrected chi connectivity index (χ4v) is 8.67. The summed E-state index contributed by atoms with van der Waals surface area (Å²) in [7, 11) is 0. The number of allylic oxidation sites excluding steroid dienone is 6. The molecule has 6 nitrogen and oxygen atoms in total. The first-order chi connectivity index (χ1) is 31.5. The molecule has 0 aliphatic heterocycles. The Morgan fingerprint density at radius 1 is 0.453 bits per heavy atom. The van der Waals surface area contributed by atoms with Gasteiger partial charge in [-0.3, -0.25) is 9.59 Å². The monoisotopic (exact) mass is 900 g/mol. The lowest BCUT2D eigenvalue weighted by Crippen LogP contribution is -2.46. The van der Waals surface area contributed by atoms with E-state index >= 15 is 0 Å². The number of rotatable bonds is 51. The van der Waals surface area contributed by atoms with Crippen molar-refractivity contribution in [1.82, 2.24) is 5.32 Å². The third-order valence-corrected chi connectivity index (χ3v) is 13.0. The molecule has 0 saturated heterocycles. The molecule has 64 heavy (non-hydrogen) atoms. The first-order valence-electron chi connectivity index (χ1n) is 28.2. The zero-order chi connectivity index (χ0) is 46.7. The molecule has 0 bridgehead atoms. The number of hydrogen-bond acceptors (Lipinski definition) is 5. The van der Waals surface area contributed by atoms with E-state index in [0.29, 0.717) is 19.3 Å². The van der Waals surface area contributed by atoms with Crippen LogP contribution in [0.15, 0.2) is 36.5 Å². The van der Waals surface area contributed by atoms with Gasteiger partial charge in [-0.25, -0.2) is 0 Å². The van der Waals surface area contributed by atoms with Crippen LogP contribution in [0.3, 0.4) is 0 Å². The number of ether oxygens (including phenoxy) is 1. The summed E-state index contributed by atoms with van der Waals surface area (Å²) in [5, 5.41) is 23.8. The van der Waals surface area contributed by atoms with Gasteiger partial charge in [0.1, 0.15) is 6.10 Å². The van der Waals surface area contributed by atoms with Crippen LogP contribution in [0.2, 0.25) is 0 Å². The Kier molecular flexibility index (Phi) is 50.5. The van der Waals surface area contributed by atoms with E-state index in [4.69, 9.17) is 4.74 Å². The highest BCUT2D eigenvalue weighted by atomic mass is 16.5. The van der Waals surface area contributed by atoms with Crippen molar-refractivity contribution in [2.24, 2.45) is 0 Å². The van der Waals surface area contributed by atoms with Crippen molar-refractivity contribution in [1.29, 1.82) is 0 Å². The van der Waals surface area contributed by atoms with Gasteiger partial charge >= 0.3 is 5.97 Å². The molecule has 1 amide bonds. The molecule has 0 heterocycles. The van der Waals surface area contributed by atoms with Gasteiger partial charge in [-0.15, -0.1) is 0 Å². The van der Waals surface area contributed by atoms with Gasteiger partial charge in [0, 0.05) is 6.42 Å². The summed E-state index contributed by atoms with van der Waals surface area (Å²) >= 11 is 0. The van der Waals surface area contributed by atoms with Crippen LogP contribution in [0, 0.1) is 0 Å². The SMILES string of the molecule is CCCCC/C=C\C/C=C\C/C=C\CCCCCCC(=O)OC(CCCCCCCCCCCCCCCCCC)CC(=O)NC(CO)C(O)CCCCCCCCCCCCCC. The molecule has 0 aromatic rings. The van der Waals surface area contributed by atoms with Crippen LogP contribution in [-0.4, -0.2) is 46.9 Å². The number of esters is 1. The van der Waals surface area contributed by atoms with Gasteiger partial charge in [0.05, 0.1) is 25.2 Å². The van der Waals surface area contributed by atoms with E-state index in [0.717, 1.165) is 70.6 Å². The van der Waals surface area contributed by atoms with Crippen molar-refractivity contribution >= 4 is 11.9 Å². The lowest BCUT2D eigenvalue weighted by Gasteiger charge is -2.24. The summed E-state index contributed by atoms with van der Waals surface area (Å²) in [5.74, 6) is -0.484. The molecule has 376 valence electrons. The summed E-state index contributed by atoms with van der Waals surface area (Å²) in [4.78, 5) is 26.2. The Morgan fingerprint density at radius 2 is 0.797 bits per heavy atom. The van der Waals surface area contributed by atoms with Crippen LogP contribution < -0.4 is 5.32 Å². The van der Waals surface area contributed by atoms with E-state index in [9.17, 15) is 19.8 Å². The Balaban J connectivity index is 4.58. The third kappa shape index (κ3) is 46.6. The molecule has 3 unspecified atom stereocenters. The second kappa shape index (κ2) is 52.1. The maximum atomic E-state index is 13.2. The molecular formula is C58H109NO5. The molecular weight excluding hydrogens is 791 g/mol. The average Bonchev–Trinajstić information content (AvgIpc) is 3.29. The normalized spacial score (nSPS) is 13.4. The van der Waals surface area contributed by atoms with Crippen LogP contribution in [0.1, 0.15) is 297 Å². The topological polar surface area (TPSA) is 95.9 Å². The van der Waals surface area contributed by atoms with E-state index in [2.05, 4.69) is 62.5 Å². The molecule has 0 aliphatic rings. The van der Waals surface area contributed by atoms with Crippen LogP contribution in [-0.2, 0) is 14.3 Å². The number of unbranched alkanes of at least 4 members (excludes halogenated alkanes) is 33. The Bertz CT molecular complexity index is 1060. The summed E-state index contributed by atoms with van der Waals surface area (Å²) in [6.45, 7) is 6.48. The van der Waals surface area contributed by atoms with Crippen molar-refractivity contribution in [2.75, 3.05) is 6.61 Å². The second-order valence-electron chi connectivity index (χ2n) is 19.3. The number of carbonyl (C=O) groups is 2. The van der Waals surface area contributed by atoms with Gasteiger partial charge in [0.2, 0.25) is 5.91 Å². The van der Waals surface area contributed by atoms with Gasteiger partial charge in [-0.2, -0.15) is 0 Å². The molecule has 3 N–H and O–H groups in total. The first kappa shape index (κ1) is 62.1. The predicted octanol–water partition coefficient (Wildman–Crippen LogP) is 17.2. The second-order valence-corrected chi connectivity index (χ2v) is 19.3. The van der Waals surface area contributed by atoms with Crippen LogP contribution in [0.25, 0.3) is 0 Å². The number of aliphatic hydroxyl groups excluding tert-OH is 2. The van der Waals surface area contributed by atoms with E-state index in [1.807, 2.05) is 0 Å². The van der Waals surface area contributed by atoms with Crippen LogP contribution >= 0.6 is 0 Å². The van der Waals surface area contributed by atoms with E-state index in [1.54, 1.807) is 0 Å². The Hall–Kier alpha value is -1.92. The summed E-state index contributed by atoms with van der Waals surface area (Å²) in [5.41, 5.74) is 0. The molecule has 3 atom stereocenters. The standard InChI is InChI=1S/C58H109NO5/c1-4-7-10-13-16-19-22-25-27-29-31-33-36-39-42-45-48-51-58(63)64-54(49-46-43-40-37-34-32-30-28-26-23-20-17-14-11-8-5-2)52-57(62)59-55(53-60)56(61)50-47-44-41-38-35-24-21-18-15-12-9-6-3/h16,19,25,27,31,33,54-56,60-61H,4-15,17-18,20-24,26,28-30,32,34-53H2,1-3H3,(H,59,62)/b19-16-,27-25-,33-31-. The molecule has 0 aromatic heterocycles. The average molecular weight is 901 g/mol. The molecule has 0 fully saturated rings. The number of aliphatic hydroxyl groups is 2. The Morgan fingerprint density at radius 3 is 1.23 bits per heavy atom. The van der Waals surface area contributed by atoms with Crippen molar-refractivity contribution < 1.29 is 24.5 Å². The zero-order valence-electron chi connectivity index (χ0n) is 42.9. The minimum absolute atomic E-state index is 0.0730. The quantitative estimate of drug-likeness (QED) is 0.0321. The fourth-order valence-electron chi connectivity index (χ4n) is 8.67. The van der Waals surface area contributed by atoms with Gasteiger partial charge in [0.25, 0.3) is 0 Å². The maximum Gasteiger partial charge on any atom is 0.306 e. The third-order valence-electron chi connectivity index (χ3n) is 13.0. The number of carbonyl (C=O) groups excluding carboxylic acids is 2. The van der Waals surface area contributed by atoms with E-state index in [1.165, 1.54) is 180 Å². The molecule has 0 aromatic carbocycles. The number of amides is 1. The fraction of sp³-hybridized carbons (Fsp3) is 0.862. The number of nitrogens with one attached hydrogen (secondary N) is 1. The van der Waals surface area contributed by atoms with Crippen molar-refractivity contribution in [3.8, 4) is 0 Å². The molecule has 0 rings (SSSR count). The van der Waals surface area contributed by atoms with Gasteiger partial charge in [-0.1, -0.05) is 256 Å². The largest absolute Gasteiger partial charge is 0.462 e. The van der Waals surface area contributed by atoms with Gasteiger partial charge in [0.15, 0.2) is 0 Å². The highest BCUT2D eigenvalue weighted by Gasteiger charge is 2.24. The summed E-state index contributed by atoms with van der Waals surface area (Å²) < 4.78 is 5.95. The van der Waals surface area contributed by atoms with Crippen molar-refractivity contribution in [2.45, 2.75) is 315 Å². The molecule has 0 saturated carbocycles. The highest BCUT2D eigenvalue weighted by molar-refractivity contribution is 5.77. The maximum absolute atomic E-state index is 13.2. The van der Waals surface area contributed by atoms with E-state index in [-0.39, 0.29) is 24.9 Å². The van der Waals surface area contributed by atoms with Gasteiger partial charge in [-0.05, 0) is 64.2 Å². The molecule has 0 radical (unpaired) electrons. The van der Waals surface area contributed by atoms with Crippen molar-refractivity contribution in [3.63, 3.8) is 0 Å². The highest BCUT2D eigenvalue weighted by Crippen LogP contribution is 2.19. The summed E-state index contributed by atoms with van der Waals surface area (Å²) in [6.07, 6.45) is 62.0.